The summed E-state index contributed by atoms with van der Waals surface area (Å²) in [6.45, 7) is 7.90. The average Bonchev–Trinajstić information content (AvgIpc) is 3.39. The fraction of sp³-hybridized carbons (Fsp3) is 0.522. The number of fused-ring (bicyclic) bond motifs is 1. The Labute approximate surface area is 198 Å². The van der Waals surface area contributed by atoms with Crippen LogP contribution in [0.3, 0.4) is 0 Å². The number of carboxylic acid groups (broad SMARTS) is 1. The molecule has 0 saturated heterocycles. The minimum Gasteiger partial charge on any atom is -0.480 e. The normalized spacial score (nSPS) is 11.6. The smallest absolute Gasteiger partial charge is 0.417 e. The summed E-state index contributed by atoms with van der Waals surface area (Å²) in [5.41, 5.74) is 0.0447. The molecular weight excluding hydrogens is 440 g/mol. The van der Waals surface area contributed by atoms with E-state index >= 15 is 0 Å². The topological polar surface area (TPSA) is 127 Å². The molecule has 0 atom stereocenters. The van der Waals surface area contributed by atoms with Crippen LogP contribution in [0, 0.1) is 0 Å². The number of imidazole rings is 1. The highest BCUT2D eigenvalue weighted by atomic mass is 16.6. The maximum Gasteiger partial charge on any atom is 0.417 e. The van der Waals surface area contributed by atoms with Gasteiger partial charge in [-0.2, -0.15) is 9.97 Å². The van der Waals surface area contributed by atoms with Gasteiger partial charge in [0.1, 0.15) is 17.9 Å². The van der Waals surface area contributed by atoms with Crippen LogP contribution in [0.5, 0.6) is 0 Å². The molecule has 0 aliphatic carbocycles. The van der Waals surface area contributed by atoms with Crippen molar-refractivity contribution in [2.45, 2.75) is 65.6 Å². The first-order chi connectivity index (χ1) is 16.1. The number of unbranched alkanes of at least 4 members (excludes halogenated alkanes) is 2. The largest absolute Gasteiger partial charge is 0.480 e. The predicted octanol–water partition coefficient (Wildman–Crippen LogP) is 4.07. The zero-order chi connectivity index (χ0) is 24.9. The Morgan fingerprint density at radius 1 is 1.24 bits per heavy atom. The summed E-state index contributed by atoms with van der Waals surface area (Å²) in [5.74, 6) is 0.264. The van der Waals surface area contributed by atoms with E-state index in [2.05, 4.69) is 21.9 Å². The van der Waals surface area contributed by atoms with Gasteiger partial charge in [-0.25, -0.2) is 14.7 Å². The lowest BCUT2D eigenvalue weighted by Crippen LogP contribution is -2.39. The van der Waals surface area contributed by atoms with Crippen LogP contribution in [0.25, 0.3) is 11.2 Å². The zero-order valence-electron chi connectivity index (χ0n) is 20.3. The molecule has 3 aromatic rings. The number of carbonyl (C=O) groups is 2. The summed E-state index contributed by atoms with van der Waals surface area (Å²) < 4.78 is 12.5. The highest BCUT2D eigenvalue weighted by Gasteiger charge is 2.28. The molecule has 0 fully saturated rings. The Morgan fingerprint density at radius 3 is 2.62 bits per heavy atom. The van der Waals surface area contributed by atoms with Crippen LogP contribution in [-0.4, -0.2) is 55.9 Å². The van der Waals surface area contributed by atoms with Crippen molar-refractivity contribution in [2.75, 3.05) is 23.4 Å². The van der Waals surface area contributed by atoms with Crippen LogP contribution in [0.4, 0.5) is 16.6 Å². The molecule has 0 radical (unpaired) electrons. The number of aliphatic carboxylic acids is 1. The van der Waals surface area contributed by atoms with Gasteiger partial charge in [-0.15, -0.1) is 0 Å². The van der Waals surface area contributed by atoms with Crippen LogP contribution < -0.4 is 9.80 Å². The first kappa shape index (κ1) is 25.0. The van der Waals surface area contributed by atoms with E-state index in [1.54, 1.807) is 33.1 Å². The molecular formula is C23H32N6O5. The summed E-state index contributed by atoms with van der Waals surface area (Å²) in [6.07, 6.45) is 5.07. The molecule has 1 amide bonds. The van der Waals surface area contributed by atoms with Crippen LogP contribution in [0.2, 0.25) is 0 Å². The van der Waals surface area contributed by atoms with Crippen molar-refractivity contribution in [2.24, 2.45) is 0 Å². The number of furan rings is 1. The maximum atomic E-state index is 13.1. The summed E-state index contributed by atoms with van der Waals surface area (Å²) in [4.78, 5) is 41.3. The number of carbonyl (C=O) groups excluding carboxylic acids is 1. The van der Waals surface area contributed by atoms with Gasteiger partial charge in [0.15, 0.2) is 17.0 Å². The third-order valence-electron chi connectivity index (χ3n) is 4.91. The van der Waals surface area contributed by atoms with Crippen molar-refractivity contribution in [1.29, 1.82) is 0 Å². The SMILES string of the molecule is CCCCCN(C(=O)OC(C)(C)C)c1nc(N(C)Cc2ccco2)c2ncn(CC(=O)O)c2n1. The molecule has 1 N–H and O–H groups in total. The standard InChI is InChI=1S/C23H32N6O5/c1-6-7-8-11-29(22(32)34-23(2,3)4)21-25-19(27(5)13-16-10-9-12-33-16)18-20(26-21)28(15-24-18)14-17(30)31/h9-10,12,15H,6-8,11,13-14H2,1-5H3,(H,30,31). The molecule has 0 aliphatic rings. The van der Waals surface area contributed by atoms with E-state index in [-0.39, 0.29) is 12.5 Å². The van der Waals surface area contributed by atoms with E-state index in [9.17, 15) is 14.7 Å². The highest BCUT2D eigenvalue weighted by Crippen LogP contribution is 2.27. The number of hydrogen-bond acceptors (Lipinski definition) is 8. The number of carboxylic acids is 1. The number of rotatable bonds is 10. The lowest BCUT2D eigenvalue weighted by atomic mass is 10.2. The van der Waals surface area contributed by atoms with Crippen LogP contribution >= 0.6 is 0 Å². The first-order valence-electron chi connectivity index (χ1n) is 11.3. The minimum atomic E-state index is -1.03. The zero-order valence-corrected chi connectivity index (χ0v) is 20.3. The van der Waals surface area contributed by atoms with Crippen molar-refractivity contribution in [3.8, 4) is 0 Å². The van der Waals surface area contributed by atoms with Crippen molar-refractivity contribution in [3.05, 3.63) is 30.5 Å². The molecule has 3 heterocycles. The quantitative estimate of drug-likeness (QED) is 0.434. The fourth-order valence-electron chi connectivity index (χ4n) is 3.39. The van der Waals surface area contributed by atoms with Crippen LogP contribution in [0.1, 0.15) is 52.7 Å². The molecule has 184 valence electrons. The average molecular weight is 473 g/mol. The van der Waals surface area contributed by atoms with Gasteiger partial charge in [0.2, 0.25) is 5.95 Å². The predicted molar refractivity (Wildman–Crippen MR) is 127 cm³/mol. The van der Waals surface area contributed by atoms with Gasteiger partial charge in [-0.3, -0.25) is 4.79 Å². The van der Waals surface area contributed by atoms with E-state index in [0.29, 0.717) is 35.8 Å². The molecule has 11 nitrogen and oxygen atoms in total. The third-order valence-corrected chi connectivity index (χ3v) is 4.91. The summed E-state index contributed by atoms with van der Waals surface area (Å²) in [5, 5.41) is 9.33. The lowest BCUT2D eigenvalue weighted by Gasteiger charge is -2.27. The van der Waals surface area contributed by atoms with Gasteiger partial charge in [0, 0.05) is 13.6 Å². The Balaban J connectivity index is 2.10. The molecule has 34 heavy (non-hydrogen) atoms. The first-order valence-corrected chi connectivity index (χ1v) is 11.3. The number of nitrogens with zero attached hydrogens (tertiary/aromatic N) is 6. The second-order valence-electron chi connectivity index (χ2n) is 9.06. The van der Waals surface area contributed by atoms with Crippen molar-refractivity contribution in [3.63, 3.8) is 0 Å². The Morgan fingerprint density at radius 2 is 2.00 bits per heavy atom. The van der Waals surface area contributed by atoms with Crippen LogP contribution in [0.15, 0.2) is 29.1 Å². The Hall–Kier alpha value is -3.63. The van der Waals surface area contributed by atoms with Gasteiger partial charge in [0.05, 0.1) is 19.1 Å². The molecule has 11 heteroatoms. The number of anilines is 2. The molecule has 0 saturated carbocycles. The maximum absolute atomic E-state index is 13.1. The van der Waals surface area contributed by atoms with E-state index in [0.717, 1.165) is 19.3 Å². The second kappa shape index (κ2) is 10.5. The number of hydrogen-bond donors (Lipinski definition) is 1. The summed E-state index contributed by atoms with van der Waals surface area (Å²) in [6, 6.07) is 3.64. The monoisotopic (exact) mass is 472 g/mol. The van der Waals surface area contributed by atoms with Gasteiger partial charge in [-0.05, 0) is 39.3 Å². The molecule has 0 spiro atoms. The van der Waals surface area contributed by atoms with Gasteiger partial charge < -0.3 is 23.7 Å². The molecule has 0 bridgehead atoms. The van der Waals surface area contributed by atoms with E-state index in [1.165, 1.54) is 15.8 Å². The molecule has 0 aromatic carbocycles. The van der Waals surface area contributed by atoms with Gasteiger partial charge in [0.25, 0.3) is 0 Å². The highest BCUT2D eigenvalue weighted by molar-refractivity contribution is 5.90. The van der Waals surface area contributed by atoms with Gasteiger partial charge >= 0.3 is 12.1 Å². The minimum absolute atomic E-state index is 0.131. The fourth-order valence-corrected chi connectivity index (χ4v) is 3.39. The molecule has 0 unspecified atom stereocenters. The van der Waals surface area contributed by atoms with Crippen LogP contribution in [-0.2, 0) is 22.6 Å². The Bertz CT molecular complexity index is 1120. The van der Waals surface area contributed by atoms with E-state index in [1.807, 2.05) is 18.0 Å². The Kier molecular flexibility index (Phi) is 7.75. The second-order valence-corrected chi connectivity index (χ2v) is 9.06. The molecule has 0 aliphatic heterocycles. The van der Waals surface area contributed by atoms with Crippen molar-refractivity contribution < 1.29 is 23.8 Å². The van der Waals surface area contributed by atoms with E-state index in [4.69, 9.17) is 9.15 Å². The van der Waals surface area contributed by atoms with Crippen molar-refractivity contribution in [1.82, 2.24) is 19.5 Å². The number of ether oxygens (including phenoxy) is 1. The summed E-state index contributed by atoms with van der Waals surface area (Å²) >= 11 is 0. The third kappa shape index (κ3) is 6.24. The molecule has 3 aromatic heterocycles. The van der Waals surface area contributed by atoms with E-state index < -0.39 is 17.7 Å². The summed E-state index contributed by atoms with van der Waals surface area (Å²) in [7, 11) is 1.82. The van der Waals surface area contributed by atoms with Gasteiger partial charge in [-0.1, -0.05) is 19.8 Å². The van der Waals surface area contributed by atoms with Crippen molar-refractivity contribution >= 4 is 35.0 Å². The number of amides is 1. The lowest BCUT2D eigenvalue weighted by molar-refractivity contribution is -0.137. The number of aromatic nitrogens is 4. The molecule has 3 rings (SSSR count).